The maximum atomic E-state index is 10.5. The van der Waals surface area contributed by atoms with E-state index in [0.29, 0.717) is 27.6 Å². The summed E-state index contributed by atoms with van der Waals surface area (Å²) in [7, 11) is 0. The van der Waals surface area contributed by atoms with Gasteiger partial charge in [0.2, 0.25) is 11.8 Å². The summed E-state index contributed by atoms with van der Waals surface area (Å²) in [6.45, 7) is 0. The minimum absolute atomic E-state index is 0.128. The van der Waals surface area contributed by atoms with Gasteiger partial charge in [-0.1, -0.05) is 23.2 Å². The monoisotopic (exact) mass is 309 g/mol. The number of hydrogen-bond donors (Lipinski definition) is 2. The fourth-order valence-corrected chi connectivity index (χ4v) is 4.32. The van der Waals surface area contributed by atoms with Gasteiger partial charge in [0.15, 0.2) is 0 Å². The molecule has 2 aliphatic rings. The normalized spacial score (nSPS) is 23.3. The molecule has 2 N–H and O–H groups in total. The first-order valence-electron chi connectivity index (χ1n) is 6.69. The van der Waals surface area contributed by atoms with Gasteiger partial charge in [-0.2, -0.15) is 0 Å². The minimum atomic E-state index is 0.128. The summed E-state index contributed by atoms with van der Waals surface area (Å²) in [6, 6.07) is 5.00. The Bertz CT molecular complexity index is 669. The Morgan fingerprint density at radius 1 is 0.900 bits per heavy atom. The zero-order chi connectivity index (χ0) is 14.0. The van der Waals surface area contributed by atoms with Crippen molar-refractivity contribution < 1.29 is 10.2 Å². The van der Waals surface area contributed by atoms with E-state index in [9.17, 15) is 10.2 Å². The number of rotatable bonds is 1. The van der Waals surface area contributed by atoms with Crippen LogP contribution in [0.5, 0.6) is 11.8 Å². The highest BCUT2D eigenvalue weighted by atomic mass is 35.5. The lowest BCUT2D eigenvalue weighted by molar-refractivity contribution is 0.394. The number of aromatic nitrogens is 1. The van der Waals surface area contributed by atoms with E-state index in [-0.39, 0.29) is 11.8 Å². The molecule has 0 saturated heterocycles. The van der Waals surface area contributed by atoms with Crippen molar-refractivity contribution in [3.05, 3.63) is 39.4 Å². The molecule has 1 aromatic carbocycles. The van der Waals surface area contributed by atoms with E-state index in [1.54, 1.807) is 18.2 Å². The van der Waals surface area contributed by atoms with Gasteiger partial charge in [-0.3, -0.25) is 4.57 Å². The molecule has 104 valence electrons. The Labute approximate surface area is 126 Å². The Morgan fingerprint density at radius 3 is 1.90 bits per heavy atom. The summed E-state index contributed by atoms with van der Waals surface area (Å²) in [5.41, 5.74) is 2.41. The molecule has 1 fully saturated rings. The molecule has 0 amide bonds. The lowest BCUT2D eigenvalue weighted by atomic mass is 9.95. The van der Waals surface area contributed by atoms with Crippen molar-refractivity contribution in [3.8, 4) is 17.4 Å². The first-order chi connectivity index (χ1) is 9.56. The average molecular weight is 310 g/mol. The number of nitrogens with zero attached hydrogens (tertiary/aromatic N) is 1. The van der Waals surface area contributed by atoms with Crippen molar-refractivity contribution in [1.82, 2.24) is 4.57 Å². The van der Waals surface area contributed by atoms with Crippen LogP contribution in [0.3, 0.4) is 0 Å². The van der Waals surface area contributed by atoms with Gasteiger partial charge >= 0.3 is 0 Å². The van der Waals surface area contributed by atoms with Crippen LogP contribution in [0.4, 0.5) is 0 Å². The molecule has 1 saturated carbocycles. The molecule has 0 spiro atoms. The number of benzene rings is 1. The molecule has 2 bridgehead atoms. The van der Waals surface area contributed by atoms with Gasteiger partial charge in [0.05, 0.1) is 5.69 Å². The standard InChI is InChI=1S/C15H13Cl2NO2/c16-9-4-10(17)6-11(5-9)18-14(19)12-7-1-2-8(3-7)13(12)15(18)20/h4-8,19-20H,1-3H2. The minimum Gasteiger partial charge on any atom is -0.494 e. The molecular formula is C15H13Cl2NO2. The summed E-state index contributed by atoms with van der Waals surface area (Å²) in [4.78, 5) is 0. The lowest BCUT2D eigenvalue weighted by Gasteiger charge is -2.10. The van der Waals surface area contributed by atoms with E-state index in [1.807, 2.05) is 0 Å². The molecule has 2 atom stereocenters. The molecular weight excluding hydrogens is 297 g/mol. The average Bonchev–Trinajstić information content (AvgIpc) is 3.02. The largest absolute Gasteiger partial charge is 0.494 e. The van der Waals surface area contributed by atoms with Crippen molar-refractivity contribution >= 4 is 23.2 Å². The van der Waals surface area contributed by atoms with Crippen LogP contribution >= 0.6 is 23.2 Å². The highest BCUT2D eigenvalue weighted by Crippen LogP contribution is 2.60. The van der Waals surface area contributed by atoms with Crippen molar-refractivity contribution in [2.75, 3.05) is 0 Å². The van der Waals surface area contributed by atoms with Crippen molar-refractivity contribution in [3.63, 3.8) is 0 Å². The van der Waals surface area contributed by atoms with Gasteiger partial charge < -0.3 is 10.2 Å². The van der Waals surface area contributed by atoms with Crippen LogP contribution in [0.25, 0.3) is 5.69 Å². The van der Waals surface area contributed by atoms with Crippen LogP contribution in [-0.4, -0.2) is 14.8 Å². The van der Waals surface area contributed by atoms with Gasteiger partial charge in [-0.15, -0.1) is 0 Å². The topological polar surface area (TPSA) is 45.4 Å². The lowest BCUT2D eigenvalue weighted by Crippen LogP contribution is -1.95. The quantitative estimate of drug-likeness (QED) is 0.811. The van der Waals surface area contributed by atoms with E-state index in [2.05, 4.69) is 0 Å². The second-order valence-corrected chi connectivity index (χ2v) is 6.52. The van der Waals surface area contributed by atoms with Gasteiger partial charge in [0.25, 0.3) is 0 Å². The Hall–Kier alpha value is -1.32. The summed E-state index contributed by atoms with van der Waals surface area (Å²) in [5.74, 6) is 1.000. The Morgan fingerprint density at radius 2 is 1.40 bits per heavy atom. The third kappa shape index (κ3) is 1.54. The molecule has 3 nitrogen and oxygen atoms in total. The van der Waals surface area contributed by atoms with Crippen molar-refractivity contribution in [1.29, 1.82) is 0 Å². The Kier molecular flexibility index (Phi) is 2.54. The highest BCUT2D eigenvalue weighted by Gasteiger charge is 2.44. The van der Waals surface area contributed by atoms with Gasteiger partial charge in [0, 0.05) is 21.2 Å². The fourth-order valence-electron chi connectivity index (χ4n) is 3.81. The second-order valence-electron chi connectivity index (χ2n) is 5.64. The van der Waals surface area contributed by atoms with E-state index in [4.69, 9.17) is 23.2 Å². The predicted molar refractivity (Wildman–Crippen MR) is 78.5 cm³/mol. The van der Waals surface area contributed by atoms with E-state index >= 15 is 0 Å². The van der Waals surface area contributed by atoms with E-state index in [1.165, 1.54) is 4.57 Å². The third-order valence-corrected chi connectivity index (χ3v) is 4.99. The number of hydrogen-bond acceptors (Lipinski definition) is 2. The smallest absolute Gasteiger partial charge is 0.202 e. The van der Waals surface area contributed by atoms with Crippen molar-refractivity contribution in [2.45, 2.75) is 31.1 Å². The van der Waals surface area contributed by atoms with Crippen LogP contribution in [0.2, 0.25) is 10.0 Å². The number of halogens is 2. The van der Waals surface area contributed by atoms with Crippen molar-refractivity contribution in [2.24, 2.45) is 0 Å². The zero-order valence-electron chi connectivity index (χ0n) is 10.6. The molecule has 2 aliphatic carbocycles. The van der Waals surface area contributed by atoms with E-state index < -0.39 is 0 Å². The van der Waals surface area contributed by atoms with Gasteiger partial charge in [-0.05, 0) is 49.3 Å². The van der Waals surface area contributed by atoms with Gasteiger partial charge in [-0.25, -0.2) is 0 Å². The summed E-state index contributed by atoms with van der Waals surface area (Å²) in [5, 5.41) is 22.0. The third-order valence-electron chi connectivity index (χ3n) is 4.55. The molecule has 2 unspecified atom stereocenters. The van der Waals surface area contributed by atoms with Crippen LogP contribution in [0, 0.1) is 0 Å². The summed E-state index contributed by atoms with van der Waals surface area (Å²) < 4.78 is 1.45. The molecule has 20 heavy (non-hydrogen) atoms. The van der Waals surface area contributed by atoms with E-state index in [0.717, 1.165) is 30.4 Å². The first kappa shape index (κ1) is 12.4. The van der Waals surface area contributed by atoms with Crippen LogP contribution in [0.1, 0.15) is 42.2 Å². The Balaban J connectivity index is 1.96. The second kappa shape index (κ2) is 4.09. The molecule has 0 radical (unpaired) electrons. The summed E-state index contributed by atoms with van der Waals surface area (Å²) in [6.07, 6.45) is 3.22. The molecule has 2 aromatic rings. The number of aromatic hydroxyl groups is 2. The first-order valence-corrected chi connectivity index (χ1v) is 7.44. The SMILES string of the molecule is Oc1c2c(c(O)n1-c1cc(Cl)cc(Cl)c1)C1CCC2C1. The maximum Gasteiger partial charge on any atom is 0.202 e. The highest BCUT2D eigenvalue weighted by molar-refractivity contribution is 6.34. The molecule has 5 heteroatoms. The predicted octanol–water partition coefficient (Wildman–Crippen LogP) is 4.56. The van der Waals surface area contributed by atoms with Crippen LogP contribution in [-0.2, 0) is 0 Å². The molecule has 0 aliphatic heterocycles. The van der Waals surface area contributed by atoms with Crippen LogP contribution in [0.15, 0.2) is 18.2 Å². The summed E-state index contributed by atoms with van der Waals surface area (Å²) >= 11 is 12.0. The zero-order valence-corrected chi connectivity index (χ0v) is 12.1. The van der Waals surface area contributed by atoms with Gasteiger partial charge in [0.1, 0.15) is 0 Å². The maximum absolute atomic E-state index is 10.5. The molecule has 4 rings (SSSR count). The fraction of sp³-hybridized carbons (Fsp3) is 0.333. The number of fused-ring (bicyclic) bond motifs is 5. The molecule has 1 heterocycles. The molecule has 1 aromatic heterocycles. The van der Waals surface area contributed by atoms with Crippen LogP contribution < -0.4 is 0 Å².